The zero-order valence-corrected chi connectivity index (χ0v) is 12.8. The topological polar surface area (TPSA) is 43.1 Å². The molecule has 0 spiro atoms. The third kappa shape index (κ3) is 2.82. The predicted molar refractivity (Wildman–Crippen MR) is 84.1 cm³/mol. The second-order valence-corrected chi connectivity index (χ2v) is 6.01. The quantitative estimate of drug-likeness (QED) is 0.679. The number of anilines is 1. The highest BCUT2D eigenvalue weighted by atomic mass is 19.1. The van der Waals surface area contributed by atoms with Crippen LogP contribution in [0.15, 0.2) is 36.4 Å². The molecule has 0 atom stereocenters. The summed E-state index contributed by atoms with van der Waals surface area (Å²) in [7, 11) is 0. The van der Waals surface area contributed by atoms with Gasteiger partial charge in [-0.2, -0.15) is 0 Å². The smallest absolute Gasteiger partial charge is 0.176 e. The first kappa shape index (κ1) is 15.2. The third-order valence-electron chi connectivity index (χ3n) is 3.86. The van der Waals surface area contributed by atoms with Gasteiger partial charge in [0.25, 0.3) is 0 Å². The third-order valence-corrected chi connectivity index (χ3v) is 3.86. The van der Waals surface area contributed by atoms with Gasteiger partial charge in [-0.3, -0.25) is 4.79 Å². The van der Waals surface area contributed by atoms with Crippen LogP contribution < -0.4 is 5.73 Å². The molecule has 0 fully saturated rings. The zero-order chi connectivity index (χ0) is 15.8. The lowest BCUT2D eigenvalue weighted by Crippen LogP contribution is -2.30. The van der Waals surface area contributed by atoms with E-state index in [1.54, 1.807) is 32.9 Å². The minimum Gasteiger partial charge on any atom is -0.399 e. The maximum atomic E-state index is 14.2. The van der Waals surface area contributed by atoms with Gasteiger partial charge in [0.1, 0.15) is 5.82 Å². The van der Waals surface area contributed by atoms with Gasteiger partial charge >= 0.3 is 0 Å². The Hall–Kier alpha value is -2.16. The van der Waals surface area contributed by atoms with Crippen LogP contribution in [0.25, 0.3) is 0 Å². The van der Waals surface area contributed by atoms with Crippen LogP contribution in [-0.2, 0) is 5.41 Å². The van der Waals surface area contributed by atoms with E-state index in [0.29, 0.717) is 11.3 Å². The predicted octanol–water partition coefficient (Wildman–Crippen LogP) is 4.19. The van der Waals surface area contributed by atoms with Gasteiger partial charge in [0.05, 0.1) is 11.0 Å². The number of halogens is 1. The average Bonchev–Trinajstić information content (AvgIpc) is 2.37. The molecular formula is C18H20FNO. The number of aryl methyl sites for hydroxylation is 2. The van der Waals surface area contributed by atoms with Crippen molar-refractivity contribution < 1.29 is 9.18 Å². The molecule has 0 amide bonds. The van der Waals surface area contributed by atoms with E-state index in [4.69, 9.17) is 5.73 Å². The summed E-state index contributed by atoms with van der Waals surface area (Å²) < 4.78 is 14.2. The largest absolute Gasteiger partial charge is 0.399 e. The molecule has 0 saturated carbocycles. The number of hydrogen-bond acceptors (Lipinski definition) is 2. The average molecular weight is 285 g/mol. The Bertz CT molecular complexity index is 664. The molecule has 0 aliphatic carbocycles. The fourth-order valence-electron chi connectivity index (χ4n) is 2.55. The monoisotopic (exact) mass is 285 g/mol. The normalized spacial score (nSPS) is 11.5. The van der Waals surface area contributed by atoms with Crippen LogP contribution in [0.5, 0.6) is 0 Å². The molecule has 0 saturated heterocycles. The molecule has 0 unspecified atom stereocenters. The van der Waals surface area contributed by atoms with Crippen molar-refractivity contribution in [1.82, 2.24) is 0 Å². The Morgan fingerprint density at radius 2 is 1.67 bits per heavy atom. The molecule has 0 aromatic heterocycles. The number of ketones is 1. The fraction of sp³-hybridized carbons (Fsp3) is 0.278. The van der Waals surface area contributed by atoms with E-state index in [1.165, 1.54) is 6.07 Å². The highest BCUT2D eigenvalue weighted by molar-refractivity contribution is 6.04. The summed E-state index contributed by atoms with van der Waals surface area (Å²) in [6.45, 7) is 7.19. The minimum absolute atomic E-state index is 0.169. The summed E-state index contributed by atoms with van der Waals surface area (Å²) >= 11 is 0. The molecule has 2 N–H and O–H groups in total. The lowest BCUT2D eigenvalue weighted by molar-refractivity contribution is 0.0904. The number of nitrogens with two attached hydrogens (primary N) is 1. The van der Waals surface area contributed by atoms with Gasteiger partial charge in [-0.1, -0.05) is 18.2 Å². The fourth-order valence-corrected chi connectivity index (χ4v) is 2.55. The standard InChI is InChI=1S/C18H20FNO/c1-11-9-12(2)16(15(19)10-11)17(21)18(3,4)13-5-7-14(20)8-6-13/h5-10H,20H2,1-4H3. The number of Topliss-reactive ketones (excluding diaryl/α,β-unsaturated/α-hetero) is 1. The number of benzene rings is 2. The lowest BCUT2D eigenvalue weighted by atomic mass is 9.77. The van der Waals surface area contributed by atoms with Gasteiger partial charge in [-0.25, -0.2) is 4.39 Å². The van der Waals surface area contributed by atoms with Crippen molar-refractivity contribution in [1.29, 1.82) is 0 Å². The minimum atomic E-state index is -0.811. The molecule has 21 heavy (non-hydrogen) atoms. The Labute approximate surface area is 124 Å². The van der Waals surface area contributed by atoms with Crippen LogP contribution in [0.4, 0.5) is 10.1 Å². The number of nitrogen functional groups attached to an aromatic ring is 1. The summed E-state index contributed by atoms with van der Waals surface area (Å²) in [5, 5.41) is 0. The van der Waals surface area contributed by atoms with Crippen molar-refractivity contribution >= 4 is 11.5 Å². The van der Waals surface area contributed by atoms with Crippen LogP contribution in [0, 0.1) is 19.7 Å². The van der Waals surface area contributed by atoms with Crippen molar-refractivity contribution in [2.24, 2.45) is 0 Å². The van der Waals surface area contributed by atoms with Crippen LogP contribution in [-0.4, -0.2) is 5.78 Å². The Morgan fingerprint density at radius 1 is 1.10 bits per heavy atom. The summed E-state index contributed by atoms with van der Waals surface area (Å²) in [5.41, 5.74) is 7.97. The van der Waals surface area contributed by atoms with Crippen molar-refractivity contribution in [3.8, 4) is 0 Å². The van der Waals surface area contributed by atoms with E-state index in [2.05, 4.69) is 0 Å². The number of rotatable bonds is 3. The summed E-state index contributed by atoms with van der Waals surface area (Å²) in [4.78, 5) is 12.8. The summed E-state index contributed by atoms with van der Waals surface area (Å²) in [6, 6.07) is 10.4. The maximum Gasteiger partial charge on any atom is 0.176 e. The van der Waals surface area contributed by atoms with Crippen LogP contribution >= 0.6 is 0 Å². The van der Waals surface area contributed by atoms with E-state index in [0.717, 1.165) is 11.1 Å². The first-order chi connectivity index (χ1) is 9.73. The highest BCUT2D eigenvalue weighted by Crippen LogP contribution is 2.31. The van der Waals surface area contributed by atoms with Crippen molar-refractivity contribution in [3.63, 3.8) is 0 Å². The second-order valence-electron chi connectivity index (χ2n) is 6.01. The summed E-state index contributed by atoms with van der Waals surface area (Å²) in [6.07, 6.45) is 0. The molecule has 2 aromatic rings. The Morgan fingerprint density at radius 3 is 2.19 bits per heavy atom. The molecule has 110 valence electrons. The van der Waals surface area contributed by atoms with Crippen molar-refractivity contribution in [3.05, 3.63) is 64.5 Å². The number of carbonyl (C=O) groups is 1. The van der Waals surface area contributed by atoms with Gasteiger partial charge in [-0.05, 0) is 62.6 Å². The molecule has 0 heterocycles. The van der Waals surface area contributed by atoms with Crippen LogP contribution in [0.2, 0.25) is 0 Å². The molecule has 0 radical (unpaired) electrons. The van der Waals surface area contributed by atoms with Gasteiger partial charge in [0.2, 0.25) is 0 Å². The number of carbonyl (C=O) groups excluding carboxylic acids is 1. The van der Waals surface area contributed by atoms with E-state index >= 15 is 0 Å². The summed E-state index contributed by atoms with van der Waals surface area (Å²) in [5.74, 6) is -0.678. The van der Waals surface area contributed by atoms with E-state index in [1.807, 2.05) is 25.1 Å². The van der Waals surface area contributed by atoms with Crippen LogP contribution in [0.3, 0.4) is 0 Å². The molecule has 0 aliphatic heterocycles. The molecule has 2 nitrogen and oxygen atoms in total. The second kappa shape index (κ2) is 5.32. The highest BCUT2D eigenvalue weighted by Gasteiger charge is 2.33. The van der Waals surface area contributed by atoms with Gasteiger partial charge in [0.15, 0.2) is 5.78 Å². The molecule has 2 rings (SSSR count). The van der Waals surface area contributed by atoms with Gasteiger partial charge in [0, 0.05) is 5.69 Å². The SMILES string of the molecule is Cc1cc(C)c(C(=O)C(C)(C)c2ccc(N)cc2)c(F)c1. The molecule has 0 bridgehead atoms. The van der Waals surface area contributed by atoms with Crippen molar-refractivity contribution in [2.75, 3.05) is 5.73 Å². The van der Waals surface area contributed by atoms with E-state index in [9.17, 15) is 9.18 Å². The van der Waals surface area contributed by atoms with E-state index in [-0.39, 0.29) is 11.3 Å². The lowest BCUT2D eigenvalue weighted by Gasteiger charge is -2.25. The zero-order valence-electron chi connectivity index (χ0n) is 12.8. The first-order valence-electron chi connectivity index (χ1n) is 6.91. The Balaban J connectivity index is 2.50. The van der Waals surface area contributed by atoms with Crippen LogP contribution in [0.1, 0.15) is 40.9 Å². The molecule has 0 aliphatic rings. The Kier molecular flexibility index (Phi) is 3.86. The van der Waals surface area contributed by atoms with Gasteiger partial charge in [-0.15, -0.1) is 0 Å². The maximum absolute atomic E-state index is 14.2. The van der Waals surface area contributed by atoms with E-state index < -0.39 is 11.2 Å². The number of hydrogen-bond donors (Lipinski definition) is 1. The molecular weight excluding hydrogens is 265 g/mol. The molecule has 3 heteroatoms. The van der Waals surface area contributed by atoms with Crippen molar-refractivity contribution in [2.45, 2.75) is 33.1 Å². The van der Waals surface area contributed by atoms with Gasteiger partial charge < -0.3 is 5.73 Å². The molecule has 2 aromatic carbocycles. The first-order valence-corrected chi connectivity index (χ1v) is 6.91.